The number of amides is 1. The van der Waals surface area contributed by atoms with Gasteiger partial charge in [-0.25, -0.2) is 9.97 Å². The van der Waals surface area contributed by atoms with Crippen molar-refractivity contribution in [2.75, 3.05) is 36.6 Å². The van der Waals surface area contributed by atoms with Gasteiger partial charge in [0.1, 0.15) is 11.5 Å². The van der Waals surface area contributed by atoms with Crippen LogP contribution in [-0.4, -0.2) is 52.9 Å². The minimum absolute atomic E-state index is 0.195. The summed E-state index contributed by atoms with van der Waals surface area (Å²) < 4.78 is 5.50. The highest BCUT2D eigenvalue weighted by Gasteiger charge is 2.18. The number of nitrogens with zero attached hydrogens (tertiary/aromatic N) is 4. The second kappa shape index (κ2) is 9.79. The molecule has 3 N–H and O–H groups in total. The third-order valence-corrected chi connectivity index (χ3v) is 6.54. The molecule has 0 unspecified atom stereocenters. The molecule has 6 rings (SSSR count). The largest absolute Gasteiger partial charge is 0.378 e. The number of hydrogen-bond acceptors (Lipinski definition) is 7. The third-order valence-electron chi connectivity index (χ3n) is 6.54. The number of ether oxygens (including phenoxy) is 1. The molecule has 0 bridgehead atoms. The van der Waals surface area contributed by atoms with Crippen LogP contribution in [0.25, 0.3) is 10.9 Å². The number of anilines is 2. The molecule has 1 aliphatic carbocycles. The highest BCUT2D eigenvalue weighted by atomic mass is 16.5. The average molecular weight is 482 g/mol. The number of fused-ring (bicyclic) bond motifs is 2. The zero-order chi connectivity index (χ0) is 24.3. The van der Waals surface area contributed by atoms with Crippen LogP contribution in [0.1, 0.15) is 33.9 Å². The van der Waals surface area contributed by atoms with Gasteiger partial charge in [0.05, 0.1) is 25.5 Å². The van der Waals surface area contributed by atoms with Crippen molar-refractivity contribution in [2.24, 2.45) is 5.10 Å². The number of H-pyrrole nitrogens is 1. The number of hydrogen-bond donors (Lipinski definition) is 3. The molecule has 1 fully saturated rings. The molecule has 182 valence electrons. The summed E-state index contributed by atoms with van der Waals surface area (Å²) in [6, 6.07) is 19.9. The molecular formula is C27H27N7O2. The van der Waals surface area contributed by atoms with E-state index in [1.54, 1.807) is 0 Å². The molecule has 1 amide bonds. The summed E-state index contributed by atoms with van der Waals surface area (Å²) in [5, 5.41) is 8.60. The molecule has 1 aliphatic heterocycles. The Bertz CT molecular complexity index is 1410. The lowest BCUT2D eigenvalue weighted by Gasteiger charge is -2.28. The second-order valence-corrected chi connectivity index (χ2v) is 8.91. The molecule has 0 spiro atoms. The van der Waals surface area contributed by atoms with Crippen LogP contribution in [0.15, 0.2) is 65.8 Å². The topological polar surface area (TPSA) is 108 Å². The first kappa shape index (κ1) is 22.2. The van der Waals surface area contributed by atoms with Crippen LogP contribution in [-0.2, 0) is 17.7 Å². The number of carbonyl (C=O) groups excluding carboxylic acids is 1. The van der Waals surface area contributed by atoms with Gasteiger partial charge in [-0.05, 0) is 30.5 Å². The molecular weight excluding hydrogens is 454 g/mol. The summed E-state index contributed by atoms with van der Waals surface area (Å²) in [6.45, 7) is 3.00. The second-order valence-electron chi connectivity index (χ2n) is 8.91. The maximum Gasteiger partial charge on any atom is 0.268 e. The van der Waals surface area contributed by atoms with Gasteiger partial charge in [-0.3, -0.25) is 10.2 Å². The van der Waals surface area contributed by atoms with E-state index in [9.17, 15) is 4.79 Å². The number of hydrazone groups is 1. The first-order valence-corrected chi connectivity index (χ1v) is 12.2. The normalized spacial score (nSPS) is 16.3. The van der Waals surface area contributed by atoms with Crippen LogP contribution in [0.2, 0.25) is 0 Å². The number of nitrogens with one attached hydrogen (secondary N) is 3. The Morgan fingerprint density at radius 2 is 1.86 bits per heavy atom. The lowest BCUT2D eigenvalue weighted by molar-refractivity contribution is 0.0945. The number of para-hydroxylation sites is 1. The van der Waals surface area contributed by atoms with Crippen LogP contribution >= 0.6 is 0 Å². The Hall–Kier alpha value is -4.24. The van der Waals surface area contributed by atoms with Crippen LogP contribution in [0, 0.1) is 0 Å². The summed E-state index contributed by atoms with van der Waals surface area (Å²) >= 11 is 0. The molecule has 0 saturated carbocycles. The van der Waals surface area contributed by atoms with E-state index in [4.69, 9.17) is 9.72 Å². The lowest BCUT2D eigenvalue weighted by Crippen LogP contribution is -2.37. The van der Waals surface area contributed by atoms with E-state index < -0.39 is 0 Å². The van der Waals surface area contributed by atoms with Gasteiger partial charge in [0.2, 0.25) is 0 Å². The number of carbonyl (C=O) groups is 1. The van der Waals surface area contributed by atoms with Gasteiger partial charge in [-0.15, -0.1) is 0 Å². The number of aromatic nitrogens is 3. The standard InChI is InChI=1S/C27H27N7O2/c35-27(23-15-19-6-2-4-8-21(19)29-23)28-17-25-30-24(16-26(31-25)34-11-13-36-14-12-34)33-32-22-10-9-18-5-1-3-7-20(18)22/h1-8,15-16,29H,9-14,17H2,(H,28,35)(H,30,31,33)/b32-22-. The van der Waals surface area contributed by atoms with Gasteiger partial charge in [0.25, 0.3) is 5.91 Å². The van der Waals surface area contributed by atoms with E-state index in [1.165, 1.54) is 11.1 Å². The van der Waals surface area contributed by atoms with Crippen LogP contribution in [0.3, 0.4) is 0 Å². The molecule has 0 atom stereocenters. The fourth-order valence-corrected chi connectivity index (χ4v) is 4.67. The monoisotopic (exact) mass is 481 g/mol. The molecule has 2 aliphatic rings. The summed E-state index contributed by atoms with van der Waals surface area (Å²) in [7, 11) is 0. The highest BCUT2D eigenvalue weighted by molar-refractivity contribution is 6.04. The number of morpholine rings is 1. The fraction of sp³-hybridized carbons (Fsp3) is 0.259. The molecule has 2 aromatic heterocycles. The van der Waals surface area contributed by atoms with E-state index >= 15 is 0 Å². The van der Waals surface area contributed by atoms with Crippen molar-refractivity contribution in [3.63, 3.8) is 0 Å². The molecule has 4 aromatic rings. The van der Waals surface area contributed by atoms with Crippen molar-refractivity contribution in [1.82, 2.24) is 20.3 Å². The zero-order valence-electron chi connectivity index (χ0n) is 19.8. The molecule has 1 saturated heterocycles. The van der Waals surface area contributed by atoms with Crippen molar-refractivity contribution < 1.29 is 9.53 Å². The minimum atomic E-state index is -0.205. The zero-order valence-corrected chi connectivity index (χ0v) is 19.8. The van der Waals surface area contributed by atoms with Gasteiger partial charge >= 0.3 is 0 Å². The van der Waals surface area contributed by atoms with Crippen molar-refractivity contribution >= 4 is 34.2 Å². The van der Waals surface area contributed by atoms with Crippen LogP contribution < -0.4 is 15.6 Å². The Labute approximate surface area is 208 Å². The Kier molecular flexibility index (Phi) is 6.05. The molecule has 9 nitrogen and oxygen atoms in total. The van der Waals surface area contributed by atoms with E-state index in [0.29, 0.717) is 30.5 Å². The third kappa shape index (κ3) is 4.65. The molecule has 3 heterocycles. The SMILES string of the molecule is O=C(NCc1nc(N/N=C2/CCc3ccccc32)cc(N2CCOCC2)n1)c1cc2ccccc2[nH]1. The molecule has 0 radical (unpaired) electrons. The summed E-state index contributed by atoms with van der Waals surface area (Å²) in [6.07, 6.45) is 1.88. The first-order valence-electron chi connectivity index (χ1n) is 12.2. The molecule has 2 aromatic carbocycles. The van der Waals surface area contributed by atoms with Gasteiger partial charge < -0.3 is 19.9 Å². The number of benzene rings is 2. The Morgan fingerprint density at radius 3 is 2.75 bits per heavy atom. The smallest absolute Gasteiger partial charge is 0.268 e. The van der Waals surface area contributed by atoms with Crippen molar-refractivity contribution in [2.45, 2.75) is 19.4 Å². The lowest BCUT2D eigenvalue weighted by atomic mass is 10.1. The van der Waals surface area contributed by atoms with Crippen molar-refractivity contribution in [1.29, 1.82) is 0 Å². The fourth-order valence-electron chi connectivity index (χ4n) is 4.67. The van der Waals surface area contributed by atoms with E-state index in [0.717, 1.165) is 48.4 Å². The van der Waals surface area contributed by atoms with Gasteiger partial charge in [-0.1, -0.05) is 42.5 Å². The summed E-state index contributed by atoms with van der Waals surface area (Å²) in [5.41, 5.74) is 8.09. The molecule has 36 heavy (non-hydrogen) atoms. The number of aryl methyl sites for hydroxylation is 1. The Balaban J connectivity index is 1.22. The van der Waals surface area contributed by atoms with E-state index in [2.05, 4.69) is 48.9 Å². The predicted molar refractivity (Wildman–Crippen MR) is 139 cm³/mol. The van der Waals surface area contributed by atoms with E-state index in [-0.39, 0.29) is 12.5 Å². The maximum atomic E-state index is 12.8. The number of aromatic amines is 1. The summed E-state index contributed by atoms with van der Waals surface area (Å²) in [5.74, 6) is 1.69. The van der Waals surface area contributed by atoms with Crippen LogP contribution in [0.4, 0.5) is 11.6 Å². The van der Waals surface area contributed by atoms with Crippen molar-refractivity contribution in [3.05, 3.63) is 83.3 Å². The van der Waals surface area contributed by atoms with Gasteiger partial charge in [-0.2, -0.15) is 5.10 Å². The maximum absolute atomic E-state index is 12.8. The first-order chi connectivity index (χ1) is 17.7. The quantitative estimate of drug-likeness (QED) is 0.364. The predicted octanol–water partition coefficient (Wildman–Crippen LogP) is 3.49. The van der Waals surface area contributed by atoms with Gasteiger partial charge in [0, 0.05) is 35.6 Å². The Morgan fingerprint density at radius 1 is 1.03 bits per heavy atom. The van der Waals surface area contributed by atoms with Crippen LogP contribution in [0.5, 0.6) is 0 Å². The molecule has 9 heteroatoms. The minimum Gasteiger partial charge on any atom is -0.378 e. The highest BCUT2D eigenvalue weighted by Crippen LogP contribution is 2.23. The number of rotatable bonds is 6. The summed E-state index contributed by atoms with van der Waals surface area (Å²) in [4.78, 5) is 27.5. The van der Waals surface area contributed by atoms with E-state index in [1.807, 2.05) is 42.5 Å². The average Bonchev–Trinajstić information content (AvgIpc) is 3.55. The van der Waals surface area contributed by atoms with Gasteiger partial charge in [0.15, 0.2) is 11.6 Å². The van der Waals surface area contributed by atoms with Crippen molar-refractivity contribution in [3.8, 4) is 0 Å².